The number of hydrogen-bond acceptors (Lipinski definition) is 4. The molecular weight excluding hydrogens is 348 g/mol. The Kier molecular flexibility index (Phi) is 6.12. The molecule has 4 nitrogen and oxygen atoms in total. The molecule has 5 heteroatoms. The molecule has 0 aromatic heterocycles. The molecule has 3 rings (SSSR count). The largest absolute Gasteiger partial charge is 0.495 e. The molecule has 0 aliphatic carbocycles. The summed E-state index contributed by atoms with van der Waals surface area (Å²) in [5, 5.41) is 4.80. The lowest BCUT2D eigenvalue weighted by Crippen LogP contribution is -1.99. The Bertz CT molecular complexity index is 882. The summed E-state index contributed by atoms with van der Waals surface area (Å²) in [6.07, 6.45) is 1.72. The second-order valence-electron chi connectivity index (χ2n) is 5.53. The standard InChI is InChI=1S/C21H19ClN2O2/c1-25-21-12-11-18(13-19(21)22)24-23-14-17-9-5-6-10-20(17)26-15-16-7-3-2-4-8-16/h2-14,24H,15H2,1H3/b23-14+. The first kappa shape index (κ1) is 17.8. The van der Waals surface area contributed by atoms with Gasteiger partial charge in [-0.1, -0.05) is 54.1 Å². The van der Waals surface area contributed by atoms with Crippen LogP contribution in [0.5, 0.6) is 11.5 Å². The first-order valence-corrected chi connectivity index (χ1v) is 8.52. The zero-order valence-corrected chi connectivity index (χ0v) is 15.1. The molecular formula is C21H19ClN2O2. The predicted octanol–water partition coefficient (Wildman–Crippen LogP) is 5.37. The minimum atomic E-state index is 0.507. The molecule has 132 valence electrons. The van der Waals surface area contributed by atoms with Gasteiger partial charge in [0.25, 0.3) is 0 Å². The van der Waals surface area contributed by atoms with Gasteiger partial charge in [0.1, 0.15) is 18.1 Å². The van der Waals surface area contributed by atoms with Gasteiger partial charge in [-0.15, -0.1) is 0 Å². The number of halogens is 1. The highest BCUT2D eigenvalue weighted by Crippen LogP contribution is 2.27. The number of benzene rings is 3. The Morgan fingerprint density at radius 3 is 2.50 bits per heavy atom. The van der Waals surface area contributed by atoms with Crippen molar-refractivity contribution in [2.75, 3.05) is 12.5 Å². The molecule has 1 N–H and O–H groups in total. The number of nitrogens with one attached hydrogen (secondary N) is 1. The molecule has 0 aliphatic rings. The SMILES string of the molecule is COc1ccc(N/N=C/c2ccccc2OCc2ccccc2)cc1Cl. The Balaban J connectivity index is 1.66. The second kappa shape index (κ2) is 8.92. The molecule has 0 spiro atoms. The molecule has 0 bridgehead atoms. The van der Waals surface area contributed by atoms with E-state index in [2.05, 4.69) is 10.5 Å². The van der Waals surface area contributed by atoms with Crippen LogP contribution in [0.4, 0.5) is 5.69 Å². The Hall–Kier alpha value is -2.98. The van der Waals surface area contributed by atoms with Crippen LogP contribution in [-0.2, 0) is 6.61 Å². The number of methoxy groups -OCH3 is 1. The van der Waals surface area contributed by atoms with Crippen LogP contribution >= 0.6 is 11.6 Å². The molecule has 0 radical (unpaired) electrons. The summed E-state index contributed by atoms with van der Waals surface area (Å²) in [5.74, 6) is 1.40. The monoisotopic (exact) mass is 366 g/mol. The van der Waals surface area contributed by atoms with Crippen molar-refractivity contribution in [3.63, 3.8) is 0 Å². The maximum absolute atomic E-state index is 6.11. The maximum atomic E-state index is 6.11. The first-order chi connectivity index (χ1) is 12.8. The lowest BCUT2D eigenvalue weighted by atomic mass is 10.2. The van der Waals surface area contributed by atoms with E-state index in [4.69, 9.17) is 21.1 Å². The van der Waals surface area contributed by atoms with Crippen LogP contribution in [-0.4, -0.2) is 13.3 Å². The quantitative estimate of drug-likeness (QED) is 0.451. The topological polar surface area (TPSA) is 42.8 Å². The van der Waals surface area contributed by atoms with E-state index in [1.807, 2.05) is 60.7 Å². The van der Waals surface area contributed by atoms with Crippen molar-refractivity contribution in [3.05, 3.63) is 88.9 Å². The van der Waals surface area contributed by atoms with Gasteiger partial charge in [-0.05, 0) is 35.9 Å². The highest BCUT2D eigenvalue weighted by atomic mass is 35.5. The average molecular weight is 367 g/mol. The Morgan fingerprint density at radius 1 is 0.962 bits per heavy atom. The zero-order chi connectivity index (χ0) is 18.2. The molecule has 0 amide bonds. The van der Waals surface area contributed by atoms with Gasteiger partial charge in [-0.3, -0.25) is 5.43 Å². The number of nitrogens with zero attached hydrogens (tertiary/aromatic N) is 1. The summed E-state index contributed by atoms with van der Waals surface area (Å²) in [7, 11) is 1.58. The fourth-order valence-corrected chi connectivity index (χ4v) is 2.62. The molecule has 26 heavy (non-hydrogen) atoms. The van der Waals surface area contributed by atoms with Gasteiger partial charge >= 0.3 is 0 Å². The first-order valence-electron chi connectivity index (χ1n) is 8.14. The molecule has 0 saturated heterocycles. The molecule has 3 aromatic carbocycles. The number of rotatable bonds is 7. The van der Waals surface area contributed by atoms with E-state index < -0.39 is 0 Å². The lowest BCUT2D eigenvalue weighted by molar-refractivity contribution is 0.306. The maximum Gasteiger partial charge on any atom is 0.137 e. The summed E-state index contributed by atoms with van der Waals surface area (Å²) in [4.78, 5) is 0. The zero-order valence-electron chi connectivity index (χ0n) is 14.4. The predicted molar refractivity (Wildman–Crippen MR) is 106 cm³/mol. The Morgan fingerprint density at radius 2 is 1.73 bits per heavy atom. The van der Waals surface area contributed by atoms with E-state index >= 15 is 0 Å². The van der Waals surface area contributed by atoms with E-state index in [0.29, 0.717) is 17.4 Å². The summed E-state index contributed by atoms with van der Waals surface area (Å²) in [6, 6.07) is 23.2. The van der Waals surface area contributed by atoms with Gasteiger partial charge in [0, 0.05) is 5.56 Å². The number of hydrogen-bond donors (Lipinski definition) is 1. The van der Waals surface area contributed by atoms with Crippen LogP contribution < -0.4 is 14.9 Å². The van der Waals surface area contributed by atoms with E-state index in [9.17, 15) is 0 Å². The van der Waals surface area contributed by atoms with Gasteiger partial charge in [0.2, 0.25) is 0 Å². The van der Waals surface area contributed by atoms with Crippen LogP contribution in [0.15, 0.2) is 77.9 Å². The summed E-state index contributed by atoms with van der Waals surface area (Å²) >= 11 is 6.11. The Labute approximate surface area is 158 Å². The van der Waals surface area contributed by atoms with Crippen LogP contribution in [0.3, 0.4) is 0 Å². The number of anilines is 1. The van der Waals surface area contributed by atoms with E-state index in [-0.39, 0.29) is 0 Å². The third-order valence-electron chi connectivity index (χ3n) is 3.71. The highest BCUT2D eigenvalue weighted by molar-refractivity contribution is 6.32. The fourth-order valence-electron chi connectivity index (χ4n) is 2.37. The molecule has 0 saturated carbocycles. The van der Waals surface area contributed by atoms with Gasteiger partial charge in [-0.2, -0.15) is 5.10 Å². The molecule has 0 unspecified atom stereocenters. The number of ether oxygens (including phenoxy) is 2. The molecule has 0 heterocycles. The lowest BCUT2D eigenvalue weighted by Gasteiger charge is -2.09. The van der Waals surface area contributed by atoms with E-state index in [1.165, 1.54) is 0 Å². The van der Waals surface area contributed by atoms with E-state index in [0.717, 1.165) is 22.6 Å². The van der Waals surface area contributed by atoms with Crippen molar-refractivity contribution >= 4 is 23.5 Å². The van der Waals surface area contributed by atoms with Gasteiger partial charge < -0.3 is 9.47 Å². The van der Waals surface area contributed by atoms with E-state index in [1.54, 1.807) is 25.5 Å². The summed E-state index contributed by atoms with van der Waals surface area (Å²) < 4.78 is 11.1. The van der Waals surface area contributed by atoms with Crippen molar-refractivity contribution in [2.45, 2.75) is 6.61 Å². The van der Waals surface area contributed by atoms with Gasteiger partial charge in [0.15, 0.2) is 0 Å². The third-order valence-corrected chi connectivity index (χ3v) is 4.00. The molecule has 0 atom stereocenters. The van der Waals surface area contributed by atoms with Crippen molar-refractivity contribution in [1.82, 2.24) is 0 Å². The van der Waals surface area contributed by atoms with Gasteiger partial charge in [0.05, 0.1) is 24.0 Å². The van der Waals surface area contributed by atoms with Crippen molar-refractivity contribution in [3.8, 4) is 11.5 Å². The molecule has 0 aliphatic heterocycles. The van der Waals surface area contributed by atoms with Crippen LogP contribution in [0.25, 0.3) is 0 Å². The van der Waals surface area contributed by atoms with Crippen molar-refractivity contribution in [2.24, 2.45) is 5.10 Å². The third kappa shape index (κ3) is 4.77. The second-order valence-corrected chi connectivity index (χ2v) is 5.94. The fraction of sp³-hybridized carbons (Fsp3) is 0.0952. The van der Waals surface area contributed by atoms with Crippen LogP contribution in [0, 0.1) is 0 Å². The summed E-state index contributed by atoms with van der Waals surface area (Å²) in [6.45, 7) is 0.507. The van der Waals surface area contributed by atoms with Crippen LogP contribution in [0.2, 0.25) is 5.02 Å². The minimum Gasteiger partial charge on any atom is -0.495 e. The summed E-state index contributed by atoms with van der Waals surface area (Å²) in [5.41, 5.74) is 5.73. The number of para-hydroxylation sites is 1. The minimum absolute atomic E-state index is 0.507. The average Bonchev–Trinajstić information content (AvgIpc) is 2.68. The van der Waals surface area contributed by atoms with Crippen molar-refractivity contribution < 1.29 is 9.47 Å². The molecule has 3 aromatic rings. The molecule has 0 fully saturated rings. The smallest absolute Gasteiger partial charge is 0.137 e. The normalized spacial score (nSPS) is 10.7. The van der Waals surface area contributed by atoms with Gasteiger partial charge in [-0.25, -0.2) is 0 Å². The van der Waals surface area contributed by atoms with Crippen LogP contribution in [0.1, 0.15) is 11.1 Å². The number of hydrazone groups is 1. The van der Waals surface area contributed by atoms with Crippen molar-refractivity contribution in [1.29, 1.82) is 0 Å². The highest BCUT2D eigenvalue weighted by Gasteiger charge is 2.03.